The van der Waals surface area contributed by atoms with Crippen molar-refractivity contribution in [3.05, 3.63) is 59.2 Å². The van der Waals surface area contributed by atoms with E-state index in [0.717, 1.165) is 24.3 Å². The van der Waals surface area contributed by atoms with Gasteiger partial charge in [-0.15, -0.1) is 0 Å². The van der Waals surface area contributed by atoms with Crippen molar-refractivity contribution in [2.24, 2.45) is 5.73 Å². The van der Waals surface area contributed by atoms with Crippen LogP contribution >= 0.6 is 0 Å². The molecule has 106 valence electrons. The van der Waals surface area contributed by atoms with Crippen LogP contribution in [0.15, 0.2) is 30.3 Å². The molecule has 0 aliphatic rings. The maximum atomic E-state index is 13.7. The van der Waals surface area contributed by atoms with E-state index in [4.69, 9.17) is 10.5 Å². The number of rotatable bonds is 4. The van der Waals surface area contributed by atoms with Gasteiger partial charge in [0.2, 0.25) is 0 Å². The van der Waals surface area contributed by atoms with Crippen molar-refractivity contribution in [2.45, 2.75) is 6.42 Å². The van der Waals surface area contributed by atoms with Crippen LogP contribution in [0.25, 0.3) is 0 Å². The van der Waals surface area contributed by atoms with Crippen LogP contribution in [-0.4, -0.2) is 6.54 Å². The minimum absolute atomic E-state index is 0.201. The van der Waals surface area contributed by atoms with Gasteiger partial charge in [-0.2, -0.15) is 0 Å². The van der Waals surface area contributed by atoms with E-state index in [-0.39, 0.29) is 12.3 Å². The molecule has 0 atom stereocenters. The zero-order valence-corrected chi connectivity index (χ0v) is 10.3. The summed E-state index contributed by atoms with van der Waals surface area (Å²) in [6.07, 6.45) is 0.319. The van der Waals surface area contributed by atoms with Crippen molar-refractivity contribution in [1.82, 2.24) is 0 Å². The first-order chi connectivity index (χ1) is 9.51. The van der Waals surface area contributed by atoms with Crippen LogP contribution in [0.4, 0.5) is 17.6 Å². The Morgan fingerprint density at radius 3 is 2.05 bits per heavy atom. The van der Waals surface area contributed by atoms with E-state index in [0.29, 0.717) is 18.1 Å². The quantitative estimate of drug-likeness (QED) is 0.872. The molecule has 2 N–H and O–H groups in total. The Bertz CT molecular complexity index is 608. The zero-order chi connectivity index (χ0) is 14.7. The average Bonchev–Trinajstić information content (AvgIpc) is 2.38. The molecule has 0 heterocycles. The lowest BCUT2D eigenvalue weighted by molar-refractivity contribution is 0.401. The second-order valence-electron chi connectivity index (χ2n) is 4.11. The van der Waals surface area contributed by atoms with Gasteiger partial charge in [-0.25, -0.2) is 17.6 Å². The molecule has 0 fully saturated rings. The van der Waals surface area contributed by atoms with Gasteiger partial charge in [-0.05, 0) is 42.8 Å². The first kappa shape index (κ1) is 14.3. The van der Waals surface area contributed by atoms with E-state index in [2.05, 4.69) is 0 Å². The lowest BCUT2D eigenvalue weighted by atomic mass is 10.1. The van der Waals surface area contributed by atoms with Gasteiger partial charge in [0.15, 0.2) is 29.0 Å². The monoisotopic (exact) mass is 285 g/mol. The molecule has 0 spiro atoms. The smallest absolute Gasteiger partial charge is 0.198 e. The molecule has 0 saturated heterocycles. The Balaban J connectivity index is 2.31. The van der Waals surface area contributed by atoms with Gasteiger partial charge < -0.3 is 10.5 Å². The highest BCUT2D eigenvalue weighted by Crippen LogP contribution is 2.29. The Labute approximate surface area is 112 Å². The molecule has 2 aromatic rings. The highest BCUT2D eigenvalue weighted by molar-refractivity contribution is 5.36. The summed E-state index contributed by atoms with van der Waals surface area (Å²) in [6, 6.07) is 4.77. The molecule has 0 saturated carbocycles. The van der Waals surface area contributed by atoms with Gasteiger partial charge in [0.1, 0.15) is 5.75 Å². The summed E-state index contributed by atoms with van der Waals surface area (Å²) in [6.45, 7) is 0.252. The van der Waals surface area contributed by atoms with Crippen molar-refractivity contribution in [3.63, 3.8) is 0 Å². The van der Waals surface area contributed by atoms with Crippen molar-refractivity contribution < 1.29 is 22.3 Å². The topological polar surface area (TPSA) is 35.2 Å². The first-order valence-electron chi connectivity index (χ1n) is 5.82. The predicted molar refractivity (Wildman–Crippen MR) is 65.5 cm³/mol. The normalized spacial score (nSPS) is 10.7. The van der Waals surface area contributed by atoms with Gasteiger partial charge in [-0.1, -0.05) is 0 Å². The molecule has 0 aromatic heterocycles. The lowest BCUT2D eigenvalue weighted by Crippen LogP contribution is -2.04. The summed E-state index contributed by atoms with van der Waals surface area (Å²) in [5.74, 6) is -4.97. The van der Waals surface area contributed by atoms with E-state index < -0.39 is 29.0 Å². The van der Waals surface area contributed by atoms with Gasteiger partial charge in [-0.3, -0.25) is 0 Å². The first-order valence-corrected chi connectivity index (χ1v) is 5.82. The van der Waals surface area contributed by atoms with Crippen LogP contribution in [0.3, 0.4) is 0 Å². The molecular formula is C14H11F4NO. The fraction of sp³-hybridized carbons (Fsp3) is 0.143. The molecule has 0 radical (unpaired) electrons. The lowest BCUT2D eigenvalue weighted by Gasteiger charge is -2.10. The number of hydrogen-bond acceptors (Lipinski definition) is 2. The Morgan fingerprint density at radius 2 is 1.50 bits per heavy atom. The van der Waals surface area contributed by atoms with Crippen LogP contribution in [0.5, 0.6) is 11.5 Å². The van der Waals surface area contributed by atoms with Crippen LogP contribution in [0, 0.1) is 23.3 Å². The minimum atomic E-state index is -1.16. The van der Waals surface area contributed by atoms with Crippen molar-refractivity contribution in [2.75, 3.05) is 6.54 Å². The molecule has 2 rings (SSSR count). The fourth-order valence-corrected chi connectivity index (χ4v) is 1.68. The molecule has 0 bridgehead atoms. The van der Waals surface area contributed by atoms with Crippen LogP contribution in [-0.2, 0) is 6.42 Å². The summed E-state index contributed by atoms with van der Waals surface area (Å²) in [7, 11) is 0. The summed E-state index contributed by atoms with van der Waals surface area (Å²) in [5, 5.41) is 0. The highest BCUT2D eigenvalue weighted by atomic mass is 19.2. The molecule has 20 heavy (non-hydrogen) atoms. The predicted octanol–water partition coefficient (Wildman–Crippen LogP) is 3.54. The van der Waals surface area contributed by atoms with Crippen LogP contribution in [0.1, 0.15) is 5.56 Å². The molecule has 0 unspecified atom stereocenters. The van der Waals surface area contributed by atoms with Gasteiger partial charge in [0.25, 0.3) is 0 Å². The molecule has 6 heteroatoms. The zero-order valence-electron chi connectivity index (χ0n) is 10.3. The van der Waals surface area contributed by atoms with E-state index in [1.54, 1.807) is 0 Å². The summed E-state index contributed by atoms with van der Waals surface area (Å²) in [4.78, 5) is 0. The second-order valence-corrected chi connectivity index (χ2v) is 4.11. The molecule has 0 aliphatic carbocycles. The Morgan fingerprint density at radius 1 is 0.850 bits per heavy atom. The Hall–Kier alpha value is -2.08. The Kier molecular flexibility index (Phi) is 4.24. The third kappa shape index (κ3) is 3.08. The summed E-state index contributed by atoms with van der Waals surface area (Å²) < 4.78 is 58.1. The molecule has 0 aliphatic heterocycles. The van der Waals surface area contributed by atoms with Gasteiger partial charge in [0, 0.05) is 6.07 Å². The minimum Gasteiger partial charge on any atom is -0.451 e. The summed E-state index contributed by atoms with van der Waals surface area (Å²) >= 11 is 0. The molecule has 0 amide bonds. The number of halogens is 4. The fourth-order valence-electron chi connectivity index (χ4n) is 1.68. The van der Waals surface area contributed by atoms with E-state index in [1.807, 2.05) is 0 Å². The van der Waals surface area contributed by atoms with Gasteiger partial charge >= 0.3 is 0 Å². The largest absolute Gasteiger partial charge is 0.451 e. The van der Waals surface area contributed by atoms with E-state index in [9.17, 15) is 17.6 Å². The maximum absolute atomic E-state index is 13.7. The second kappa shape index (κ2) is 5.92. The maximum Gasteiger partial charge on any atom is 0.198 e. The van der Waals surface area contributed by atoms with Crippen molar-refractivity contribution >= 4 is 0 Å². The average molecular weight is 285 g/mol. The molecule has 2 aromatic carbocycles. The SMILES string of the molecule is NCCc1cc(F)c(Oc2ccc(F)c(F)c2)c(F)c1. The molecule has 2 nitrogen and oxygen atoms in total. The highest BCUT2D eigenvalue weighted by Gasteiger charge is 2.14. The molecular weight excluding hydrogens is 274 g/mol. The third-order valence-electron chi connectivity index (χ3n) is 2.60. The van der Waals surface area contributed by atoms with E-state index >= 15 is 0 Å². The van der Waals surface area contributed by atoms with Crippen LogP contribution < -0.4 is 10.5 Å². The van der Waals surface area contributed by atoms with Crippen molar-refractivity contribution in [1.29, 1.82) is 0 Å². The third-order valence-corrected chi connectivity index (χ3v) is 2.60. The standard InChI is InChI=1S/C14H11F4NO/c15-10-2-1-9(7-11(10)16)20-14-12(17)5-8(3-4-19)6-13(14)18/h1-2,5-7H,3-4,19H2. The number of benzene rings is 2. The number of hydrogen-bond donors (Lipinski definition) is 1. The number of nitrogens with two attached hydrogens (primary N) is 1. The number of ether oxygens (including phenoxy) is 1. The summed E-state index contributed by atoms with van der Waals surface area (Å²) in [5.41, 5.74) is 5.69. The van der Waals surface area contributed by atoms with Gasteiger partial charge in [0.05, 0.1) is 0 Å². The van der Waals surface area contributed by atoms with Crippen molar-refractivity contribution in [3.8, 4) is 11.5 Å². The van der Waals surface area contributed by atoms with Crippen LogP contribution in [0.2, 0.25) is 0 Å². The van der Waals surface area contributed by atoms with E-state index in [1.165, 1.54) is 0 Å².